The zero-order chi connectivity index (χ0) is 19.5. The van der Waals surface area contributed by atoms with Gasteiger partial charge in [-0.1, -0.05) is 6.07 Å². The number of aryl methyl sites for hydroxylation is 1. The lowest BCUT2D eigenvalue weighted by atomic mass is 9.86. The molecule has 1 amide bonds. The van der Waals surface area contributed by atoms with Gasteiger partial charge in [-0.05, 0) is 82.9 Å². The summed E-state index contributed by atoms with van der Waals surface area (Å²) in [7, 11) is 0. The summed E-state index contributed by atoms with van der Waals surface area (Å²) in [6.45, 7) is 14.0. The van der Waals surface area contributed by atoms with Crippen LogP contribution in [0.4, 0.5) is 10.5 Å². The van der Waals surface area contributed by atoms with Crippen molar-refractivity contribution in [1.82, 2.24) is 10.2 Å². The summed E-state index contributed by atoms with van der Waals surface area (Å²) in [5.41, 5.74) is 3.30. The van der Waals surface area contributed by atoms with E-state index < -0.39 is 5.60 Å². The highest BCUT2D eigenvalue weighted by Gasteiger charge is 2.40. The van der Waals surface area contributed by atoms with Crippen LogP contribution in [-0.2, 0) is 11.2 Å². The zero-order valence-electron chi connectivity index (χ0n) is 16.6. The molecule has 0 unspecified atom stereocenters. The van der Waals surface area contributed by atoms with Crippen molar-refractivity contribution in [2.45, 2.75) is 59.1 Å². The largest absolute Gasteiger partial charge is 0.444 e. The molecule has 5 nitrogen and oxygen atoms in total. The summed E-state index contributed by atoms with van der Waals surface area (Å²) >= 11 is 4.77. The van der Waals surface area contributed by atoms with Crippen molar-refractivity contribution in [3.63, 3.8) is 0 Å². The van der Waals surface area contributed by atoms with Crippen LogP contribution in [0.5, 0.6) is 0 Å². The topological polar surface area (TPSA) is 53.9 Å². The number of rotatable bonds is 3. The highest BCUT2D eigenvalue weighted by molar-refractivity contribution is 7.78. The second kappa shape index (κ2) is 7.87. The molecule has 1 aromatic carbocycles. The van der Waals surface area contributed by atoms with Gasteiger partial charge in [0.05, 0.1) is 16.4 Å². The molecular formula is C20H29N3O2S. The minimum atomic E-state index is -0.511. The Morgan fingerprint density at radius 2 is 2.12 bits per heavy atom. The van der Waals surface area contributed by atoms with Crippen molar-refractivity contribution < 1.29 is 9.53 Å². The van der Waals surface area contributed by atoms with Crippen LogP contribution in [0.15, 0.2) is 17.1 Å². The van der Waals surface area contributed by atoms with Gasteiger partial charge in [0.1, 0.15) is 5.60 Å². The summed E-state index contributed by atoms with van der Waals surface area (Å²) in [6, 6.07) is 4.16. The standard InChI is InChI=1S/C20H29N3O2S/c1-14-9-16(15(2)17(10-14)22-13-26)11-20(6)12-21-7-8-23(20)18(24)25-19(3,4)5/h9-10,21H,7-8,11-12H2,1-6H3/t20-/m0/s1. The van der Waals surface area contributed by atoms with Crippen LogP contribution in [0, 0.1) is 13.8 Å². The van der Waals surface area contributed by atoms with Gasteiger partial charge in [-0.25, -0.2) is 4.79 Å². The number of ether oxygens (including phenoxy) is 1. The SMILES string of the molecule is Cc1cc(C[C@@]2(C)CNCCN2C(=O)OC(C)(C)C)c(C)c(N=C=S)c1. The average molecular weight is 376 g/mol. The number of amides is 1. The molecule has 1 atom stereocenters. The number of nitrogens with one attached hydrogen (secondary N) is 1. The van der Waals surface area contributed by atoms with Crippen molar-refractivity contribution in [1.29, 1.82) is 0 Å². The molecule has 142 valence electrons. The predicted molar refractivity (Wildman–Crippen MR) is 109 cm³/mol. The van der Waals surface area contributed by atoms with E-state index in [2.05, 4.69) is 28.5 Å². The lowest BCUT2D eigenvalue weighted by molar-refractivity contribution is -0.00681. The summed E-state index contributed by atoms with van der Waals surface area (Å²) in [5.74, 6) is 0. The number of hydrogen-bond acceptors (Lipinski definition) is 5. The van der Waals surface area contributed by atoms with Crippen molar-refractivity contribution in [2.24, 2.45) is 4.99 Å². The van der Waals surface area contributed by atoms with Gasteiger partial charge in [0, 0.05) is 19.6 Å². The Bertz CT molecular complexity index is 735. The van der Waals surface area contributed by atoms with E-state index in [1.165, 1.54) is 0 Å². The third-order valence-electron chi connectivity index (χ3n) is 4.65. The van der Waals surface area contributed by atoms with E-state index in [9.17, 15) is 4.79 Å². The fourth-order valence-electron chi connectivity index (χ4n) is 3.37. The van der Waals surface area contributed by atoms with Gasteiger partial charge in [0.2, 0.25) is 0 Å². The van der Waals surface area contributed by atoms with Crippen LogP contribution in [0.25, 0.3) is 0 Å². The Hall–Kier alpha value is -1.75. The highest BCUT2D eigenvalue weighted by Crippen LogP contribution is 2.30. The molecule has 1 fully saturated rings. The first-order valence-electron chi connectivity index (χ1n) is 8.95. The number of hydrogen-bond donors (Lipinski definition) is 1. The minimum absolute atomic E-state index is 0.260. The number of nitrogens with zero attached hydrogens (tertiary/aromatic N) is 2. The highest BCUT2D eigenvalue weighted by atomic mass is 32.1. The molecule has 0 radical (unpaired) electrons. The molecule has 0 spiro atoms. The van der Waals surface area contributed by atoms with Gasteiger partial charge in [-0.3, -0.25) is 4.90 Å². The van der Waals surface area contributed by atoms with E-state index >= 15 is 0 Å². The van der Waals surface area contributed by atoms with Crippen molar-refractivity contribution in [2.75, 3.05) is 19.6 Å². The third-order valence-corrected chi connectivity index (χ3v) is 4.74. The number of thiocarbonyl (C=S) groups is 1. The summed E-state index contributed by atoms with van der Waals surface area (Å²) < 4.78 is 5.64. The Morgan fingerprint density at radius 1 is 1.42 bits per heavy atom. The summed E-state index contributed by atoms with van der Waals surface area (Å²) in [5, 5.41) is 5.87. The Morgan fingerprint density at radius 3 is 2.73 bits per heavy atom. The maximum absolute atomic E-state index is 12.8. The molecule has 1 heterocycles. The van der Waals surface area contributed by atoms with E-state index in [1.807, 2.05) is 45.6 Å². The zero-order valence-corrected chi connectivity index (χ0v) is 17.4. The van der Waals surface area contributed by atoms with Crippen molar-refractivity contribution >= 4 is 29.2 Å². The third kappa shape index (κ3) is 4.91. The quantitative estimate of drug-likeness (QED) is 0.636. The van der Waals surface area contributed by atoms with Gasteiger partial charge in [-0.15, -0.1) is 0 Å². The molecule has 26 heavy (non-hydrogen) atoms. The van der Waals surface area contributed by atoms with Gasteiger partial charge >= 0.3 is 6.09 Å². The molecule has 0 saturated carbocycles. The molecular weight excluding hydrogens is 346 g/mol. The number of isothiocyanates is 1. The lowest BCUT2D eigenvalue weighted by Crippen LogP contribution is -2.63. The van der Waals surface area contributed by atoms with Crippen molar-refractivity contribution in [3.8, 4) is 0 Å². The molecule has 2 rings (SSSR count). The average Bonchev–Trinajstić information content (AvgIpc) is 2.50. The first-order chi connectivity index (χ1) is 12.1. The molecule has 1 aliphatic rings. The molecule has 1 aliphatic heterocycles. The predicted octanol–water partition coefficient (Wildman–Crippen LogP) is 4.18. The first kappa shape index (κ1) is 20.6. The lowest BCUT2D eigenvalue weighted by Gasteiger charge is -2.45. The molecule has 1 N–H and O–H groups in total. The van der Waals surface area contributed by atoms with Crippen LogP contribution in [0.3, 0.4) is 0 Å². The van der Waals surface area contributed by atoms with E-state index in [0.29, 0.717) is 19.5 Å². The van der Waals surface area contributed by atoms with Gasteiger partial charge in [0.15, 0.2) is 0 Å². The van der Waals surface area contributed by atoms with Gasteiger partial charge < -0.3 is 10.1 Å². The van der Waals surface area contributed by atoms with E-state index in [-0.39, 0.29) is 11.6 Å². The van der Waals surface area contributed by atoms with E-state index in [1.54, 1.807) is 0 Å². The van der Waals surface area contributed by atoms with Crippen LogP contribution >= 0.6 is 12.2 Å². The molecule has 1 aromatic rings. The molecule has 6 heteroatoms. The second-order valence-corrected chi connectivity index (χ2v) is 8.44. The van der Waals surface area contributed by atoms with Crippen LogP contribution < -0.4 is 5.32 Å². The fraction of sp³-hybridized carbons (Fsp3) is 0.600. The minimum Gasteiger partial charge on any atom is -0.444 e. The summed E-state index contributed by atoms with van der Waals surface area (Å²) in [4.78, 5) is 18.8. The smallest absolute Gasteiger partial charge is 0.410 e. The number of benzene rings is 1. The maximum atomic E-state index is 12.8. The Balaban J connectivity index is 2.35. The van der Waals surface area contributed by atoms with Gasteiger partial charge in [-0.2, -0.15) is 4.99 Å². The van der Waals surface area contributed by atoms with Gasteiger partial charge in [0.25, 0.3) is 0 Å². The fourth-order valence-corrected chi connectivity index (χ4v) is 3.47. The molecule has 0 aliphatic carbocycles. The normalized spacial score (nSPS) is 20.5. The summed E-state index contributed by atoms with van der Waals surface area (Å²) in [6.07, 6.45) is 0.455. The van der Waals surface area contributed by atoms with E-state index in [4.69, 9.17) is 17.0 Å². The number of carbonyl (C=O) groups excluding carboxylic acids is 1. The molecule has 0 aromatic heterocycles. The number of piperazine rings is 1. The van der Waals surface area contributed by atoms with Crippen LogP contribution in [0.2, 0.25) is 0 Å². The number of aliphatic imine (C=N–C) groups is 1. The maximum Gasteiger partial charge on any atom is 0.410 e. The molecule has 1 saturated heterocycles. The monoisotopic (exact) mass is 375 g/mol. The van der Waals surface area contributed by atoms with E-state index in [0.717, 1.165) is 28.9 Å². The second-order valence-electron chi connectivity index (χ2n) is 8.25. The number of carbonyl (C=O) groups is 1. The first-order valence-corrected chi connectivity index (χ1v) is 9.36. The molecule has 0 bridgehead atoms. The Labute approximate surface area is 161 Å². The van der Waals surface area contributed by atoms with Crippen LogP contribution in [0.1, 0.15) is 44.4 Å². The van der Waals surface area contributed by atoms with Crippen molar-refractivity contribution in [3.05, 3.63) is 28.8 Å². The Kier molecular flexibility index (Phi) is 6.22. The van der Waals surface area contributed by atoms with Crippen LogP contribution in [-0.4, -0.2) is 46.9 Å².